The van der Waals surface area contributed by atoms with Gasteiger partial charge in [-0.15, -0.1) is 0 Å². The molecule has 2 atom stereocenters. The maximum absolute atomic E-state index is 9.05. The number of allylic oxidation sites excluding steroid dienone is 2. The third kappa shape index (κ3) is 6.22. The zero-order valence-corrected chi connectivity index (χ0v) is 40.7. The van der Waals surface area contributed by atoms with Gasteiger partial charge in [0, 0.05) is 0 Å². The minimum atomic E-state index is -5.09. The summed E-state index contributed by atoms with van der Waals surface area (Å²) in [7, 11) is 18.1. The van der Waals surface area contributed by atoms with E-state index < -0.39 is 21.5 Å². The molecule has 0 aromatic heterocycles. The molecular formula is C56H53Cl2SiZr. The van der Waals surface area contributed by atoms with E-state index >= 15 is 0 Å². The molecule has 2 unspecified atom stereocenters. The van der Waals surface area contributed by atoms with E-state index in [2.05, 4.69) is 199 Å². The van der Waals surface area contributed by atoms with Gasteiger partial charge in [0.05, 0.1) is 0 Å². The Bertz CT molecular complexity index is 2890. The summed E-state index contributed by atoms with van der Waals surface area (Å²) in [4.78, 5) is 0. The van der Waals surface area contributed by atoms with Crippen molar-refractivity contribution in [3.63, 3.8) is 0 Å². The molecule has 0 nitrogen and oxygen atoms in total. The van der Waals surface area contributed by atoms with Gasteiger partial charge in [0.1, 0.15) is 0 Å². The molecule has 0 saturated carbocycles. The van der Waals surface area contributed by atoms with Crippen molar-refractivity contribution in [2.75, 3.05) is 0 Å². The summed E-state index contributed by atoms with van der Waals surface area (Å²) in [5.41, 5.74) is 13.4. The Hall–Kier alpha value is -4.04. The number of fused-ring (bicyclic) bond motifs is 8. The van der Waals surface area contributed by atoms with Gasteiger partial charge in [0.25, 0.3) is 0 Å². The standard InChI is InChI=1S/2C27H23.C2H7Si.2ClH.Zr/c2*1-18(2)14-19-15-20-9-7-13-25(26(20)16-19)27-17-21-8-3-4-10-22(21)23-11-5-6-12-24(23)27;1-3-2;;;/h2*3-13,15-18H,14H2,1-2H3;3H,1-2H3;2*1H;/q;;;;;+2/p-2. The van der Waals surface area contributed by atoms with E-state index in [1.165, 1.54) is 98.7 Å². The first-order chi connectivity index (χ1) is 28.9. The van der Waals surface area contributed by atoms with Crippen LogP contribution in [0.15, 0.2) is 157 Å². The van der Waals surface area contributed by atoms with E-state index in [9.17, 15) is 0 Å². The van der Waals surface area contributed by atoms with Crippen LogP contribution < -0.4 is 0 Å². The van der Waals surface area contributed by atoms with E-state index in [0.717, 1.165) is 12.8 Å². The summed E-state index contributed by atoms with van der Waals surface area (Å²) in [6.07, 6.45) is 7.06. The average molecular weight is 916 g/mol. The third-order valence-corrected chi connectivity index (χ3v) is 65.8. The molecule has 0 N–H and O–H groups in total. The molecule has 2 aliphatic carbocycles. The van der Waals surface area contributed by atoms with Crippen molar-refractivity contribution in [1.29, 1.82) is 0 Å². The molecular weight excluding hydrogens is 863 g/mol. The van der Waals surface area contributed by atoms with Crippen LogP contribution in [0.4, 0.5) is 0 Å². The summed E-state index contributed by atoms with van der Waals surface area (Å²) in [6, 6.07) is 54.4. The quantitative estimate of drug-likeness (QED) is 0.1000. The van der Waals surface area contributed by atoms with E-state index in [4.69, 9.17) is 17.0 Å². The number of rotatable bonds is 9. The second kappa shape index (κ2) is 15.1. The molecule has 2 aliphatic rings. The van der Waals surface area contributed by atoms with Crippen LogP contribution >= 0.6 is 17.0 Å². The van der Waals surface area contributed by atoms with Crippen LogP contribution in [0, 0.1) is 11.8 Å². The van der Waals surface area contributed by atoms with E-state index in [-0.39, 0.29) is 7.25 Å². The predicted molar refractivity (Wildman–Crippen MR) is 265 cm³/mol. The minimum absolute atomic E-state index is 0.0298. The maximum atomic E-state index is 9.05. The van der Waals surface area contributed by atoms with Gasteiger partial charge in [-0.25, -0.2) is 0 Å². The summed E-state index contributed by atoms with van der Waals surface area (Å²) >= 11 is -5.09. The molecule has 0 radical (unpaired) electrons. The van der Waals surface area contributed by atoms with E-state index in [1.54, 1.807) is 0 Å². The van der Waals surface area contributed by atoms with Crippen LogP contribution in [-0.2, 0) is 15.6 Å². The molecule has 0 heterocycles. The summed E-state index contributed by atoms with van der Waals surface area (Å²) in [5, 5.41) is 10.3. The number of hydrogen-bond acceptors (Lipinski definition) is 0. The van der Waals surface area contributed by atoms with Crippen molar-refractivity contribution in [2.45, 2.75) is 60.9 Å². The van der Waals surface area contributed by atoms with Gasteiger partial charge in [-0.05, 0) is 0 Å². The summed E-state index contributed by atoms with van der Waals surface area (Å²) < 4.78 is 0.0596. The number of hydrogen-bond donors (Lipinski definition) is 0. The second-order valence-electron chi connectivity index (χ2n) is 18.9. The molecule has 8 aromatic rings. The Morgan fingerprint density at radius 2 is 0.817 bits per heavy atom. The molecule has 0 fully saturated rings. The fraction of sp³-hybridized carbons (Fsp3) is 0.214. The fourth-order valence-corrected chi connectivity index (χ4v) is 42.8. The molecule has 4 heteroatoms. The van der Waals surface area contributed by atoms with Gasteiger partial charge in [-0.1, -0.05) is 0 Å². The molecule has 0 amide bonds. The third-order valence-electron chi connectivity index (χ3n) is 13.9. The average Bonchev–Trinajstić information content (AvgIpc) is 3.81. The van der Waals surface area contributed by atoms with Crippen molar-refractivity contribution in [1.82, 2.24) is 0 Å². The van der Waals surface area contributed by atoms with Crippen LogP contribution in [0.5, 0.6) is 0 Å². The molecule has 8 aromatic carbocycles. The molecule has 10 rings (SSSR count). The normalized spacial score (nSPS) is 17.1. The van der Waals surface area contributed by atoms with Crippen molar-refractivity contribution < 1.29 is 15.6 Å². The number of benzene rings is 8. The Balaban J connectivity index is 1.22. The molecule has 0 saturated heterocycles. The van der Waals surface area contributed by atoms with Crippen LogP contribution in [0.3, 0.4) is 0 Å². The molecule has 299 valence electrons. The molecule has 0 spiro atoms. The Labute approximate surface area is 364 Å². The van der Waals surface area contributed by atoms with Gasteiger partial charge < -0.3 is 0 Å². The monoisotopic (exact) mass is 913 g/mol. The second-order valence-corrected chi connectivity index (χ2v) is 61.4. The van der Waals surface area contributed by atoms with Crippen molar-refractivity contribution in [3.05, 3.63) is 179 Å². The van der Waals surface area contributed by atoms with Gasteiger partial charge in [-0.3, -0.25) is 0 Å². The topological polar surface area (TPSA) is 0 Å². The Morgan fingerprint density at radius 1 is 0.450 bits per heavy atom. The Kier molecular flexibility index (Phi) is 10.1. The van der Waals surface area contributed by atoms with Crippen molar-refractivity contribution in [3.8, 4) is 22.3 Å². The van der Waals surface area contributed by atoms with Crippen LogP contribution in [-0.4, -0.2) is 5.92 Å². The first-order valence-corrected chi connectivity index (χ1v) is 38.3. The molecule has 0 bridgehead atoms. The summed E-state index contributed by atoms with van der Waals surface area (Å²) in [5.74, 6) is -0.842. The Morgan fingerprint density at radius 3 is 1.20 bits per heavy atom. The predicted octanol–water partition coefficient (Wildman–Crippen LogP) is 17.3. The molecule has 60 heavy (non-hydrogen) atoms. The first-order valence-electron chi connectivity index (χ1n) is 22.0. The van der Waals surface area contributed by atoms with Crippen molar-refractivity contribution >= 4 is 78.2 Å². The molecule has 0 aliphatic heterocycles. The van der Waals surface area contributed by atoms with Gasteiger partial charge >= 0.3 is 368 Å². The van der Waals surface area contributed by atoms with Crippen LogP contribution in [0.1, 0.15) is 70.0 Å². The van der Waals surface area contributed by atoms with Crippen molar-refractivity contribution in [2.24, 2.45) is 11.8 Å². The van der Waals surface area contributed by atoms with Crippen LogP contribution in [0.2, 0.25) is 13.1 Å². The SMILES string of the molecule is CC(C)CC1=Cc2c(-c3cc4ccccc4c4ccccc34)cccc2[CH]1[Zr]([Cl])([Cl])([CH]1C(CC(C)C)=Cc2c(-c3cc4ccccc4c4ccccc34)cccc21)[SiH](C)C. The van der Waals surface area contributed by atoms with Gasteiger partial charge in [-0.2, -0.15) is 0 Å². The first kappa shape index (κ1) is 40.1. The van der Waals surface area contributed by atoms with Crippen LogP contribution in [0.25, 0.3) is 77.5 Å². The van der Waals surface area contributed by atoms with Gasteiger partial charge in [0.15, 0.2) is 0 Å². The fourth-order valence-electron chi connectivity index (χ4n) is 11.4. The van der Waals surface area contributed by atoms with E-state index in [1.807, 2.05) is 0 Å². The zero-order chi connectivity index (χ0) is 41.5. The zero-order valence-electron chi connectivity index (χ0n) is 35.6. The number of halogens is 2. The summed E-state index contributed by atoms with van der Waals surface area (Å²) in [6.45, 7) is 14.4. The van der Waals surface area contributed by atoms with E-state index in [0.29, 0.717) is 11.8 Å². The van der Waals surface area contributed by atoms with Gasteiger partial charge in [0.2, 0.25) is 0 Å².